The fraction of sp³-hybridized carbons (Fsp3) is 0.529. The summed E-state index contributed by atoms with van der Waals surface area (Å²) in [5.41, 5.74) is 2.61. The summed E-state index contributed by atoms with van der Waals surface area (Å²) in [4.78, 5) is 25.5. The summed E-state index contributed by atoms with van der Waals surface area (Å²) in [6.45, 7) is 2.16. The molecule has 0 radical (unpaired) electrons. The minimum Gasteiger partial charge on any atom is -0.465 e. The number of carbonyl (C=O) groups excluding carboxylic acids is 2. The van der Waals surface area contributed by atoms with Crippen LogP contribution < -0.4 is 0 Å². The van der Waals surface area contributed by atoms with E-state index in [1.807, 2.05) is 18.0 Å². The lowest BCUT2D eigenvalue weighted by Gasteiger charge is -2.33. The second kappa shape index (κ2) is 8.22. The van der Waals surface area contributed by atoms with E-state index in [1.54, 1.807) is 6.92 Å². The Kier molecular flexibility index (Phi) is 6.31. The van der Waals surface area contributed by atoms with E-state index in [0.29, 0.717) is 12.4 Å². The van der Waals surface area contributed by atoms with E-state index in [2.05, 4.69) is 18.2 Å². The number of rotatable bonds is 6. The van der Waals surface area contributed by atoms with Gasteiger partial charge in [0.15, 0.2) is 0 Å². The second-order valence-corrected chi connectivity index (χ2v) is 6.39. The van der Waals surface area contributed by atoms with Crippen LogP contribution in [0.1, 0.15) is 36.9 Å². The maximum atomic E-state index is 12.3. The zero-order valence-corrected chi connectivity index (χ0v) is 14.0. The van der Waals surface area contributed by atoms with Crippen molar-refractivity contribution < 1.29 is 14.3 Å². The normalized spacial score (nSPS) is 16.7. The molecule has 1 aliphatic rings. The highest BCUT2D eigenvalue weighted by Crippen LogP contribution is 2.33. The highest BCUT2D eigenvalue weighted by molar-refractivity contribution is 8.00. The summed E-state index contributed by atoms with van der Waals surface area (Å²) in [6, 6.07) is 8.51. The number of thioether (sulfide) groups is 1. The molecule has 4 nitrogen and oxygen atoms in total. The zero-order valence-electron chi connectivity index (χ0n) is 13.2. The van der Waals surface area contributed by atoms with Crippen molar-refractivity contribution in [2.24, 2.45) is 0 Å². The molecule has 0 saturated heterocycles. The third kappa shape index (κ3) is 4.26. The molecule has 1 aromatic rings. The van der Waals surface area contributed by atoms with Gasteiger partial charge in [-0.15, -0.1) is 11.8 Å². The fourth-order valence-electron chi connectivity index (χ4n) is 2.83. The number of hydrogen-bond acceptors (Lipinski definition) is 4. The molecule has 0 N–H and O–H groups in total. The van der Waals surface area contributed by atoms with Gasteiger partial charge in [-0.05, 0) is 37.3 Å². The highest BCUT2D eigenvalue weighted by Gasteiger charge is 2.26. The van der Waals surface area contributed by atoms with E-state index in [-0.39, 0.29) is 23.7 Å². The van der Waals surface area contributed by atoms with Crippen LogP contribution in [0.2, 0.25) is 0 Å². The predicted octanol–water partition coefficient (Wildman–Crippen LogP) is 2.82. The Hall–Kier alpha value is -1.49. The average molecular weight is 321 g/mol. The van der Waals surface area contributed by atoms with Crippen LogP contribution in [0.3, 0.4) is 0 Å². The van der Waals surface area contributed by atoms with E-state index in [9.17, 15) is 9.59 Å². The molecule has 0 spiro atoms. The molecule has 0 aromatic heterocycles. The lowest BCUT2D eigenvalue weighted by molar-refractivity contribution is -0.139. The molecule has 0 fully saturated rings. The summed E-state index contributed by atoms with van der Waals surface area (Å²) in [5, 5.41) is 0. The molecular formula is C17H23NO3S. The van der Waals surface area contributed by atoms with Crippen LogP contribution in [0.15, 0.2) is 24.3 Å². The first-order valence-electron chi connectivity index (χ1n) is 7.70. The zero-order chi connectivity index (χ0) is 15.9. The molecule has 2 rings (SSSR count). The quantitative estimate of drug-likeness (QED) is 0.756. The summed E-state index contributed by atoms with van der Waals surface area (Å²) in [7, 11) is 1.86. The number of hydrogen-bond donors (Lipinski definition) is 0. The number of carbonyl (C=O) groups is 2. The Balaban J connectivity index is 1.90. The minimum atomic E-state index is -0.258. The third-order valence-corrected chi connectivity index (χ3v) is 4.84. The van der Waals surface area contributed by atoms with Gasteiger partial charge in [0.25, 0.3) is 0 Å². The molecule has 1 aliphatic carbocycles. The van der Waals surface area contributed by atoms with Crippen molar-refractivity contribution in [3.8, 4) is 0 Å². The van der Waals surface area contributed by atoms with Crippen molar-refractivity contribution >= 4 is 23.6 Å². The van der Waals surface area contributed by atoms with Gasteiger partial charge in [0, 0.05) is 7.05 Å². The molecule has 0 aliphatic heterocycles. The van der Waals surface area contributed by atoms with E-state index in [1.165, 1.54) is 22.9 Å². The van der Waals surface area contributed by atoms with E-state index >= 15 is 0 Å². The number of esters is 1. The molecule has 5 heteroatoms. The number of ether oxygens (including phenoxy) is 1. The monoisotopic (exact) mass is 321 g/mol. The van der Waals surface area contributed by atoms with Gasteiger partial charge in [-0.2, -0.15) is 0 Å². The van der Waals surface area contributed by atoms with Gasteiger partial charge < -0.3 is 9.64 Å². The fourth-order valence-corrected chi connectivity index (χ4v) is 3.56. The van der Waals surface area contributed by atoms with Gasteiger partial charge in [-0.1, -0.05) is 24.3 Å². The standard InChI is InChI=1S/C17H23NO3S/c1-3-21-17(20)12-22-11-16(19)18(2)15-10-6-8-13-7-4-5-9-14(13)15/h4-5,7,9,15H,3,6,8,10-12H2,1-2H3. The van der Waals surface area contributed by atoms with Gasteiger partial charge in [0.05, 0.1) is 24.2 Å². The topological polar surface area (TPSA) is 46.6 Å². The van der Waals surface area contributed by atoms with Gasteiger partial charge in [0.1, 0.15) is 0 Å². The van der Waals surface area contributed by atoms with Gasteiger partial charge in [-0.3, -0.25) is 9.59 Å². The van der Waals surface area contributed by atoms with Crippen LogP contribution in [-0.4, -0.2) is 41.9 Å². The second-order valence-electron chi connectivity index (χ2n) is 5.41. The van der Waals surface area contributed by atoms with Crippen molar-refractivity contribution in [3.63, 3.8) is 0 Å². The number of nitrogens with zero attached hydrogens (tertiary/aromatic N) is 1. The van der Waals surface area contributed by atoms with Crippen LogP contribution in [-0.2, 0) is 20.7 Å². The smallest absolute Gasteiger partial charge is 0.315 e. The first-order chi connectivity index (χ1) is 10.6. The molecule has 1 amide bonds. The van der Waals surface area contributed by atoms with Gasteiger partial charge in [0.2, 0.25) is 5.91 Å². The van der Waals surface area contributed by atoms with Crippen molar-refractivity contribution in [2.75, 3.05) is 25.2 Å². The molecule has 22 heavy (non-hydrogen) atoms. The molecule has 0 heterocycles. The predicted molar refractivity (Wildman–Crippen MR) is 88.8 cm³/mol. The number of fused-ring (bicyclic) bond motifs is 1. The maximum Gasteiger partial charge on any atom is 0.315 e. The molecule has 1 aromatic carbocycles. The summed E-state index contributed by atoms with van der Waals surface area (Å²) < 4.78 is 4.86. The van der Waals surface area contributed by atoms with Gasteiger partial charge in [-0.25, -0.2) is 0 Å². The highest BCUT2D eigenvalue weighted by atomic mass is 32.2. The Morgan fingerprint density at radius 1 is 1.32 bits per heavy atom. The Bertz CT molecular complexity index is 532. The van der Waals surface area contributed by atoms with E-state index < -0.39 is 0 Å². The Labute approximate surface area is 136 Å². The number of amides is 1. The van der Waals surface area contributed by atoms with E-state index in [4.69, 9.17) is 4.74 Å². The van der Waals surface area contributed by atoms with Crippen molar-refractivity contribution in [3.05, 3.63) is 35.4 Å². The molecular weight excluding hydrogens is 298 g/mol. The average Bonchev–Trinajstić information content (AvgIpc) is 2.53. The largest absolute Gasteiger partial charge is 0.465 e. The molecule has 0 saturated carbocycles. The first kappa shape index (κ1) is 16.9. The Morgan fingerprint density at radius 2 is 2.09 bits per heavy atom. The lowest BCUT2D eigenvalue weighted by atomic mass is 9.87. The lowest BCUT2D eigenvalue weighted by Crippen LogP contribution is -2.34. The number of aryl methyl sites for hydroxylation is 1. The summed E-state index contributed by atoms with van der Waals surface area (Å²) in [6.07, 6.45) is 3.20. The van der Waals surface area contributed by atoms with Crippen molar-refractivity contribution in [1.82, 2.24) is 4.90 Å². The Morgan fingerprint density at radius 3 is 2.86 bits per heavy atom. The summed E-state index contributed by atoms with van der Waals surface area (Å²) in [5.74, 6) is 0.352. The molecule has 1 unspecified atom stereocenters. The van der Waals surface area contributed by atoms with Gasteiger partial charge >= 0.3 is 5.97 Å². The molecule has 120 valence electrons. The maximum absolute atomic E-state index is 12.3. The third-order valence-electron chi connectivity index (χ3n) is 3.95. The van der Waals surface area contributed by atoms with Crippen LogP contribution in [0.25, 0.3) is 0 Å². The van der Waals surface area contributed by atoms with Crippen LogP contribution >= 0.6 is 11.8 Å². The van der Waals surface area contributed by atoms with E-state index in [0.717, 1.165) is 19.3 Å². The van der Waals surface area contributed by atoms with Crippen molar-refractivity contribution in [2.45, 2.75) is 32.2 Å². The SMILES string of the molecule is CCOC(=O)CSCC(=O)N(C)C1CCCc2ccccc21. The van der Waals surface area contributed by atoms with Crippen molar-refractivity contribution in [1.29, 1.82) is 0 Å². The van der Waals surface area contributed by atoms with Crippen LogP contribution in [0, 0.1) is 0 Å². The first-order valence-corrected chi connectivity index (χ1v) is 8.85. The molecule has 1 atom stereocenters. The summed E-state index contributed by atoms with van der Waals surface area (Å²) >= 11 is 1.32. The minimum absolute atomic E-state index is 0.0657. The number of benzene rings is 1. The molecule has 0 bridgehead atoms. The van der Waals surface area contributed by atoms with Crippen LogP contribution in [0.5, 0.6) is 0 Å². The van der Waals surface area contributed by atoms with Crippen LogP contribution in [0.4, 0.5) is 0 Å².